The Kier molecular flexibility index (Phi) is 6.60. The first-order valence-electron chi connectivity index (χ1n) is 9.64. The van der Waals surface area contributed by atoms with Crippen molar-refractivity contribution in [1.29, 1.82) is 0 Å². The zero-order chi connectivity index (χ0) is 21.1. The zero-order valence-electron chi connectivity index (χ0n) is 16.7. The summed E-state index contributed by atoms with van der Waals surface area (Å²) in [5.41, 5.74) is 0.905. The van der Waals surface area contributed by atoms with Gasteiger partial charge in [-0.2, -0.15) is 0 Å². The van der Waals surface area contributed by atoms with E-state index in [4.69, 9.17) is 28.2 Å². The molecule has 0 aliphatic heterocycles. The zero-order valence-corrected chi connectivity index (χ0v) is 18.2. The van der Waals surface area contributed by atoms with Crippen LogP contribution in [0.15, 0.2) is 47.3 Å². The van der Waals surface area contributed by atoms with Gasteiger partial charge in [0.15, 0.2) is 0 Å². The molecular weight excluding hydrogens is 409 g/mol. The van der Waals surface area contributed by atoms with E-state index in [1.54, 1.807) is 33.7 Å². The number of amides is 1. The van der Waals surface area contributed by atoms with E-state index in [0.29, 0.717) is 45.4 Å². The van der Waals surface area contributed by atoms with E-state index in [2.05, 4.69) is 0 Å². The van der Waals surface area contributed by atoms with Gasteiger partial charge in [-0.25, -0.2) is 4.98 Å². The predicted octanol–water partition coefficient (Wildman–Crippen LogP) is 5.34. The van der Waals surface area contributed by atoms with Crippen LogP contribution >= 0.6 is 23.2 Å². The molecule has 0 bridgehead atoms. The smallest absolute Gasteiger partial charge is 0.261 e. The van der Waals surface area contributed by atoms with E-state index in [9.17, 15) is 9.59 Å². The molecule has 152 valence electrons. The Morgan fingerprint density at radius 1 is 1.17 bits per heavy atom. The van der Waals surface area contributed by atoms with Crippen molar-refractivity contribution in [3.8, 4) is 0 Å². The lowest BCUT2D eigenvalue weighted by Crippen LogP contribution is -2.37. The van der Waals surface area contributed by atoms with E-state index in [1.807, 2.05) is 39.0 Å². The molecule has 0 saturated carbocycles. The summed E-state index contributed by atoms with van der Waals surface area (Å²) >= 11 is 12.2. The highest BCUT2D eigenvalue weighted by atomic mass is 35.5. The van der Waals surface area contributed by atoms with Gasteiger partial charge >= 0.3 is 0 Å². The highest BCUT2D eigenvalue weighted by Crippen LogP contribution is 2.26. The number of benzene rings is 2. The highest BCUT2D eigenvalue weighted by molar-refractivity contribution is 6.36. The molecule has 0 N–H and O–H groups in total. The van der Waals surface area contributed by atoms with Gasteiger partial charge in [0, 0.05) is 18.1 Å². The van der Waals surface area contributed by atoms with Crippen molar-refractivity contribution in [3.63, 3.8) is 0 Å². The van der Waals surface area contributed by atoms with Gasteiger partial charge in [0.25, 0.3) is 11.5 Å². The molecule has 1 aromatic heterocycles. The van der Waals surface area contributed by atoms with E-state index in [-0.39, 0.29) is 11.5 Å². The van der Waals surface area contributed by atoms with Gasteiger partial charge in [-0.3, -0.25) is 14.2 Å². The molecule has 1 unspecified atom stereocenters. The van der Waals surface area contributed by atoms with E-state index < -0.39 is 6.04 Å². The first-order valence-corrected chi connectivity index (χ1v) is 10.4. The molecule has 7 heteroatoms. The van der Waals surface area contributed by atoms with Gasteiger partial charge in [0.2, 0.25) is 0 Å². The molecule has 0 saturated heterocycles. The Morgan fingerprint density at radius 3 is 2.55 bits per heavy atom. The Hall–Kier alpha value is -2.37. The van der Waals surface area contributed by atoms with Crippen molar-refractivity contribution in [3.05, 3.63) is 74.3 Å². The number of hydrogen-bond donors (Lipinski definition) is 0. The van der Waals surface area contributed by atoms with Crippen LogP contribution in [0, 0.1) is 0 Å². The molecule has 0 radical (unpaired) electrons. The summed E-state index contributed by atoms with van der Waals surface area (Å²) in [5.74, 6) is 0.336. The Balaban J connectivity index is 2.10. The van der Waals surface area contributed by atoms with Gasteiger partial charge in [-0.1, -0.05) is 42.3 Å². The first-order chi connectivity index (χ1) is 13.9. The number of rotatable bonds is 6. The van der Waals surface area contributed by atoms with Crippen LogP contribution in [0.2, 0.25) is 10.0 Å². The quantitative estimate of drug-likeness (QED) is 0.529. The average Bonchev–Trinajstić information content (AvgIpc) is 2.70. The topological polar surface area (TPSA) is 55.2 Å². The summed E-state index contributed by atoms with van der Waals surface area (Å²) in [6, 6.07) is 11.7. The summed E-state index contributed by atoms with van der Waals surface area (Å²) in [6.07, 6.45) is 0.780. The third-order valence-corrected chi connectivity index (χ3v) is 5.49. The summed E-state index contributed by atoms with van der Waals surface area (Å²) < 4.78 is 1.67. The van der Waals surface area contributed by atoms with Crippen molar-refractivity contribution in [2.24, 2.45) is 0 Å². The van der Waals surface area contributed by atoms with Crippen LogP contribution in [-0.4, -0.2) is 26.9 Å². The van der Waals surface area contributed by atoms with Crippen molar-refractivity contribution in [2.45, 2.75) is 39.8 Å². The van der Waals surface area contributed by atoms with Crippen molar-refractivity contribution >= 4 is 40.0 Å². The molecule has 2 aromatic carbocycles. The lowest BCUT2D eigenvalue weighted by molar-refractivity contribution is 0.0691. The normalized spacial score (nSPS) is 12.2. The molecular formula is C22H23Cl2N3O2. The third-order valence-electron chi connectivity index (χ3n) is 4.94. The first kappa shape index (κ1) is 21.3. The number of nitrogens with zero attached hydrogens (tertiary/aromatic N) is 3. The molecule has 29 heavy (non-hydrogen) atoms. The van der Waals surface area contributed by atoms with E-state index >= 15 is 0 Å². The minimum absolute atomic E-state index is 0.0904. The van der Waals surface area contributed by atoms with E-state index in [0.717, 1.165) is 6.42 Å². The molecule has 1 heterocycles. The molecule has 0 spiro atoms. The van der Waals surface area contributed by atoms with Gasteiger partial charge in [0.1, 0.15) is 5.82 Å². The minimum atomic E-state index is -0.414. The SMILES string of the molecule is CCCn1c(C(C)N(CC)C(=O)c2ccc(Cl)cc2Cl)nc2ccccc2c1=O. The van der Waals surface area contributed by atoms with Crippen LogP contribution in [0.1, 0.15) is 49.4 Å². The molecule has 0 fully saturated rings. The Labute approximate surface area is 179 Å². The van der Waals surface area contributed by atoms with Crippen LogP contribution in [-0.2, 0) is 6.54 Å². The third kappa shape index (κ3) is 4.16. The lowest BCUT2D eigenvalue weighted by atomic mass is 10.1. The van der Waals surface area contributed by atoms with Crippen molar-refractivity contribution < 1.29 is 4.79 Å². The number of carbonyl (C=O) groups excluding carboxylic acids is 1. The number of fused-ring (bicyclic) bond motifs is 1. The fourth-order valence-electron chi connectivity index (χ4n) is 3.49. The fourth-order valence-corrected chi connectivity index (χ4v) is 3.98. The predicted molar refractivity (Wildman–Crippen MR) is 118 cm³/mol. The van der Waals surface area contributed by atoms with Crippen molar-refractivity contribution in [1.82, 2.24) is 14.5 Å². The van der Waals surface area contributed by atoms with Gasteiger partial charge in [-0.15, -0.1) is 0 Å². The van der Waals surface area contributed by atoms with Gasteiger partial charge < -0.3 is 4.90 Å². The summed E-state index contributed by atoms with van der Waals surface area (Å²) in [4.78, 5) is 32.7. The summed E-state index contributed by atoms with van der Waals surface area (Å²) in [6.45, 7) is 6.75. The summed E-state index contributed by atoms with van der Waals surface area (Å²) in [7, 11) is 0. The number of carbonyl (C=O) groups is 1. The molecule has 0 aliphatic rings. The number of aromatic nitrogens is 2. The molecule has 0 aliphatic carbocycles. The second-order valence-corrected chi connectivity index (χ2v) is 7.68. The fraction of sp³-hybridized carbons (Fsp3) is 0.318. The maximum Gasteiger partial charge on any atom is 0.261 e. The maximum absolute atomic E-state index is 13.2. The van der Waals surface area contributed by atoms with Crippen LogP contribution in [0.3, 0.4) is 0 Å². The van der Waals surface area contributed by atoms with Crippen LogP contribution in [0.5, 0.6) is 0 Å². The van der Waals surface area contributed by atoms with Crippen LogP contribution in [0.4, 0.5) is 0 Å². The van der Waals surface area contributed by atoms with Gasteiger partial charge in [-0.05, 0) is 50.6 Å². The standard InChI is InChI=1S/C22H23Cl2N3O2/c1-4-12-27-20(25-19-9-7-6-8-17(19)22(27)29)14(3)26(5-2)21(28)16-11-10-15(23)13-18(16)24/h6-11,13-14H,4-5,12H2,1-3H3. The highest BCUT2D eigenvalue weighted by Gasteiger charge is 2.27. The Morgan fingerprint density at radius 2 is 1.90 bits per heavy atom. The Bertz CT molecular complexity index is 1110. The second kappa shape index (κ2) is 8.97. The minimum Gasteiger partial charge on any atom is -0.329 e. The van der Waals surface area contributed by atoms with Crippen LogP contribution in [0.25, 0.3) is 10.9 Å². The molecule has 1 amide bonds. The summed E-state index contributed by atoms with van der Waals surface area (Å²) in [5, 5.41) is 1.34. The van der Waals surface area contributed by atoms with Crippen LogP contribution < -0.4 is 5.56 Å². The maximum atomic E-state index is 13.2. The number of para-hydroxylation sites is 1. The molecule has 1 atom stereocenters. The van der Waals surface area contributed by atoms with Gasteiger partial charge in [0.05, 0.1) is 27.5 Å². The number of halogens is 2. The average molecular weight is 432 g/mol. The second-order valence-electron chi connectivity index (χ2n) is 6.84. The number of hydrogen-bond acceptors (Lipinski definition) is 3. The molecule has 3 aromatic rings. The molecule has 5 nitrogen and oxygen atoms in total. The monoisotopic (exact) mass is 431 g/mol. The van der Waals surface area contributed by atoms with E-state index in [1.165, 1.54) is 0 Å². The largest absolute Gasteiger partial charge is 0.329 e. The lowest BCUT2D eigenvalue weighted by Gasteiger charge is -2.30. The van der Waals surface area contributed by atoms with Crippen molar-refractivity contribution in [2.75, 3.05) is 6.54 Å². The molecule has 3 rings (SSSR count).